The number of nitrogens with two attached hydrogens (primary N) is 1. The molecule has 1 aromatic rings. The molecule has 0 radical (unpaired) electrons. The summed E-state index contributed by atoms with van der Waals surface area (Å²) < 4.78 is 0. The van der Waals surface area contributed by atoms with Crippen molar-refractivity contribution in [1.82, 2.24) is 5.32 Å². The average Bonchev–Trinajstić information content (AvgIpc) is 2.67. The topological polar surface area (TPSA) is 67.1 Å². The van der Waals surface area contributed by atoms with Gasteiger partial charge in [0.15, 0.2) is 5.78 Å². The third-order valence-electron chi connectivity index (χ3n) is 3.10. The highest BCUT2D eigenvalue weighted by molar-refractivity contribution is 7.99. The maximum Gasteiger partial charge on any atom is 0.171 e. The number of carbonyl (C=O) groups excluding carboxylic acids is 1. The summed E-state index contributed by atoms with van der Waals surface area (Å²) in [6.45, 7) is 3.67. The first-order valence-corrected chi connectivity index (χ1v) is 8.12. The smallest absolute Gasteiger partial charge is 0.171 e. The molecular formula is C12H19N3OS2. The first-order valence-electron chi connectivity index (χ1n) is 6.08. The zero-order chi connectivity index (χ0) is 13.1. The highest BCUT2D eigenvalue weighted by Crippen LogP contribution is 2.42. The van der Waals surface area contributed by atoms with E-state index in [1.165, 1.54) is 11.3 Å². The van der Waals surface area contributed by atoms with Crippen molar-refractivity contribution in [1.29, 1.82) is 0 Å². The van der Waals surface area contributed by atoms with Crippen molar-refractivity contribution >= 4 is 39.6 Å². The summed E-state index contributed by atoms with van der Waals surface area (Å²) in [5, 5.41) is 7.94. The van der Waals surface area contributed by atoms with Crippen molar-refractivity contribution in [2.24, 2.45) is 0 Å². The fourth-order valence-corrected chi connectivity index (χ4v) is 4.13. The number of rotatable bonds is 4. The second-order valence-corrected chi connectivity index (χ2v) is 6.27. The van der Waals surface area contributed by atoms with E-state index in [0.717, 1.165) is 35.8 Å². The zero-order valence-corrected chi connectivity index (χ0v) is 12.3. The van der Waals surface area contributed by atoms with Gasteiger partial charge in [-0.25, -0.2) is 0 Å². The van der Waals surface area contributed by atoms with Gasteiger partial charge in [0.25, 0.3) is 0 Å². The third-order valence-corrected chi connectivity index (χ3v) is 5.30. The molecule has 100 valence electrons. The summed E-state index contributed by atoms with van der Waals surface area (Å²) in [6, 6.07) is 0.481. The summed E-state index contributed by atoms with van der Waals surface area (Å²) in [6.07, 6.45) is 4.22. The Morgan fingerprint density at radius 1 is 1.50 bits per heavy atom. The molecule has 0 aliphatic carbocycles. The minimum absolute atomic E-state index is 0.0474. The van der Waals surface area contributed by atoms with Gasteiger partial charge in [0, 0.05) is 13.0 Å². The summed E-state index contributed by atoms with van der Waals surface area (Å²) >= 11 is 3.09. The number of thioether (sulfide) groups is 1. The number of hydrogen-bond donors (Lipinski definition) is 3. The molecule has 0 saturated carbocycles. The maximum absolute atomic E-state index is 11.5. The van der Waals surface area contributed by atoms with Gasteiger partial charge in [-0.15, -0.1) is 23.1 Å². The van der Waals surface area contributed by atoms with Crippen LogP contribution in [-0.2, 0) is 0 Å². The monoisotopic (exact) mass is 285 g/mol. The predicted molar refractivity (Wildman–Crippen MR) is 80.0 cm³/mol. The standard InChI is InChI=1S/C12H19N3OS2/c1-7(16)10-9(13)11(17-2)12(18-10)15-8-3-5-14-6-4-8/h8,14-15H,3-6,13H2,1-2H3. The van der Waals surface area contributed by atoms with E-state index in [1.54, 1.807) is 18.7 Å². The highest BCUT2D eigenvalue weighted by atomic mass is 32.2. The van der Waals surface area contributed by atoms with Gasteiger partial charge >= 0.3 is 0 Å². The number of carbonyl (C=O) groups is 1. The molecule has 0 spiro atoms. The van der Waals surface area contributed by atoms with E-state index in [-0.39, 0.29) is 5.78 Å². The van der Waals surface area contributed by atoms with Crippen molar-refractivity contribution in [3.05, 3.63) is 4.88 Å². The van der Waals surface area contributed by atoms with E-state index in [4.69, 9.17) is 5.73 Å². The number of Topliss-reactive ketones (excluding diaryl/α,β-unsaturated/α-hetero) is 1. The first-order chi connectivity index (χ1) is 8.63. The van der Waals surface area contributed by atoms with Crippen LogP contribution in [0.3, 0.4) is 0 Å². The molecule has 1 aliphatic heterocycles. The van der Waals surface area contributed by atoms with E-state index in [1.807, 2.05) is 6.26 Å². The lowest BCUT2D eigenvalue weighted by Crippen LogP contribution is -2.35. The SMILES string of the molecule is CSc1c(NC2CCNCC2)sc(C(C)=O)c1N. The van der Waals surface area contributed by atoms with Crippen molar-refractivity contribution < 1.29 is 4.79 Å². The predicted octanol–water partition coefficient (Wildman–Crippen LogP) is 2.42. The number of hydrogen-bond acceptors (Lipinski definition) is 6. The van der Waals surface area contributed by atoms with Crippen molar-refractivity contribution in [3.8, 4) is 0 Å². The number of piperidine rings is 1. The van der Waals surface area contributed by atoms with Crippen LogP contribution < -0.4 is 16.4 Å². The van der Waals surface area contributed by atoms with Crippen LogP contribution in [0.1, 0.15) is 29.4 Å². The Morgan fingerprint density at radius 2 is 2.17 bits per heavy atom. The van der Waals surface area contributed by atoms with Crippen LogP contribution >= 0.6 is 23.1 Å². The summed E-state index contributed by atoms with van der Waals surface area (Å²) in [7, 11) is 0. The van der Waals surface area contributed by atoms with Gasteiger partial charge in [-0.2, -0.15) is 0 Å². The minimum atomic E-state index is 0.0474. The Labute approximate surface area is 116 Å². The molecular weight excluding hydrogens is 266 g/mol. The number of thiophene rings is 1. The molecule has 2 heterocycles. The quantitative estimate of drug-likeness (QED) is 0.585. The molecule has 18 heavy (non-hydrogen) atoms. The van der Waals surface area contributed by atoms with E-state index in [2.05, 4.69) is 10.6 Å². The van der Waals surface area contributed by atoms with Crippen LogP contribution in [0.15, 0.2) is 4.90 Å². The molecule has 1 aromatic heterocycles. The summed E-state index contributed by atoms with van der Waals surface area (Å²) in [4.78, 5) is 13.2. The molecule has 0 unspecified atom stereocenters. The van der Waals surface area contributed by atoms with E-state index in [9.17, 15) is 4.79 Å². The van der Waals surface area contributed by atoms with Gasteiger partial charge in [-0.3, -0.25) is 4.79 Å². The van der Waals surface area contributed by atoms with Crippen molar-refractivity contribution in [2.75, 3.05) is 30.4 Å². The van der Waals surface area contributed by atoms with E-state index < -0.39 is 0 Å². The van der Waals surface area contributed by atoms with Crippen LogP contribution in [0.4, 0.5) is 10.7 Å². The van der Waals surface area contributed by atoms with Gasteiger partial charge in [0.1, 0.15) is 5.00 Å². The highest BCUT2D eigenvalue weighted by Gasteiger charge is 2.21. The molecule has 0 amide bonds. The van der Waals surface area contributed by atoms with Crippen LogP contribution in [0, 0.1) is 0 Å². The molecule has 6 heteroatoms. The fraction of sp³-hybridized carbons (Fsp3) is 0.583. The molecule has 1 saturated heterocycles. The van der Waals surface area contributed by atoms with Gasteiger partial charge < -0.3 is 16.4 Å². The zero-order valence-electron chi connectivity index (χ0n) is 10.7. The number of anilines is 2. The molecule has 2 rings (SSSR count). The Morgan fingerprint density at radius 3 is 2.72 bits per heavy atom. The minimum Gasteiger partial charge on any atom is -0.396 e. The number of ketones is 1. The normalized spacial score (nSPS) is 16.8. The maximum atomic E-state index is 11.5. The van der Waals surface area contributed by atoms with Gasteiger partial charge in [-0.1, -0.05) is 0 Å². The first kappa shape index (κ1) is 13.7. The molecule has 0 bridgehead atoms. The third kappa shape index (κ3) is 2.81. The molecule has 0 atom stereocenters. The van der Waals surface area contributed by atoms with Gasteiger partial charge in [0.05, 0.1) is 15.5 Å². The summed E-state index contributed by atoms with van der Waals surface area (Å²) in [5.41, 5.74) is 6.67. The number of nitrogens with one attached hydrogen (secondary N) is 2. The lowest BCUT2D eigenvalue weighted by atomic mass is 10.1. The van der Waals surface area contributed by atoms with Crippen LogP contribution in [0.5, 0.6) is 0 Å². The van der Waals surface area contributed by atoms with Crippen LogP contribution in [0.25, 0.3) is 0 Å². The second kappa shape index (κ2) is 5.95. The molecule has 1 fully saturated rings. The Bertz CT molecular complexity index is 439. The van der Waals surface area contributed by atoms with Crippen molar-refractivity contribution in [3.63, 3.8) is 0 Å². The Kier molecular flexibility index (Phi) is 4.53. The average molecular weight is 285 g/mol. The molecule has 4 nitrogen and oxygen atoms in total. The molecule has 4 N–H and O–H groups in total. The number of nitrogen functional groups attached to an aromatic ring is 1. The van der Waals surface area contributed by atoms with Crippen LogP contribution in [0.2, 0.25) is 0 Å². The Balaban J connectivity index is 2.20. The van der Waals surface area contributed by atoms with Crippen molar-refractivity contribution in [2.45, 2.75) is 30.7 Å². The second-order valence-electron chi connectivity index (χ2n) is 4.43. The van der Waals surface area contributed by atoms with E-state index >= 15 is 0 Å². The molecule has 0 aromatic carbocycles. The fourth-order valence-electron chi connectivity index (χ4n) is 2.14. The largest absolute Gasteiger partial charge is 0.396 e. The molecule has 1 aliphatic rings. The van der Waals surface area contributed by atoms with E-state index in [0.29, 0.717) is 16.6 Å². The Hall–Kier alpha value is -0.720. The summed E-state index contributed by atoms with van der Waals surface area (Å²) in [5.74, 6) is 0.0474. The van der Waals surface area contributed by atoms with Gasteiger partial charge in [0.2, 0.25) is 0 Å². The van der Waals surface area contributed by atoms with Gasteiger partial charge in [-0.05, 0) is 32.2 Å². The van der Waals surface area contributed by atoms with Crippen LogP contribution in [-0.4, -0.2) is 31.2 Å². The lowest BCUT2D eigenvalue weighted by molar-refractivity contribution is 0.102. The lowest BCUT2D eigenvalue weighted by Gasteiger charge is -2.24.